The van der Waals surface area contributed by atoms with Crippen LogP contribution >= 0.6 is 23.1 Å². The van der Waals surface area contributed by atoms with Crippen molar-refractivity contribution in [2.24, 2.45) is 0 Å². The number of aromatic nitrogens is 4. The van der Waals surface area contributed by atoms with E-state index in [1.54, 1.807) is 15.9 Å². The molecule has 3 aromatic heterocycles. The van der Waals surface area contributed by atoms with Crippen LogP contribution < -0.4 is 5.69 Å². The normalized spacial score (nSPS) is 17.4. The first-order valence-electron chi connectivity index (χ1n) is 8.10. The van der Waals surface area contributed by atoms with Gasteiger partial charge in [0, 0.05) is 12.4 Å². The van der Waals surface area contributed by atoms with Gasteiger partial charge >= 0.3 is 5.69 Å². The maximum Gasteiger partial charge on any atom is 0.344 e. The summed E-state index contributed by atoms with van der Waals surface area (Å²) in [5.41, 5.74) is 0.668. The molecule has 1 aliphatic rings. The van der Waals surface area contributed by atoms with Crippen LogP contribution in [0.5, 0.6) is 0 Å². The number of aryl methyl sites for hydroxylation is 1. The molecule has 1 fully saturated rings. The third-order valence-electron chi connectivity index (χ3n) is 4.10. The van der Waals surface area contributed by atoms with E-state index in [0.29, 0.717) is 23.3 Å². The van der Waals surface area contributed by atoms with Gasteiger partial charge in [-0.3, -0.25) is 4.57 Å². The number of thiophene rings is 1. The summed E-state index contributed by atoms with van der Waals surface area (Å²) >= 11 is 3.07. The fraction of sp³-hybridized carbons (Fsp3) is 0.438. The highest BCUT2D eigenvalue weighted by atomic mass is 32.2. The Morgan fingerprint density at radius 1 is 1.52 bits per heavy atom. The highest BCUT2D eigenvalue weighted by Crippen LogP contribution is 2.29. The van der Waals surface area contributed by atoms with E-state index in [0.717, 1.165) is 35.8 Å². The number of ether oxygens (including phenoxy) is 1. The first-order chi connectivity index (χ1) is 12.2. The number of thioether (sulfide) groups is 1. The van der Waals surface area contributed by atoms with Gasteiger partial charge in [-0.1, -0.05) is 17.8 Å². The van der Waals surface area contributed by atoms with Crippen LogP contribution in [-0.2, 0) is 17.0 Å². The van der Waals surface area contributed by atoms with Crippen molar-refractivity contribution in [2.75, 3.05) is 6.61 Å². The number of hydrogen-bond acceptors (Lipinski definition) is 7. The van der Waals surface area contributed by atoms with E-state index in [1.807, 2.05) is 24.4 Å². The number of aromatic amines is 1. The van der Waals surface area contributed by atoms with Crippen LogP contribution in [0.1, 0.15) is 24.3 Å². The smallest absolute Gasteiger partial charge is 0.344 e. The lowest BCUT2D eigenvalue weighted by molar-refractivity contribution is 0.0941. The molecule has 0 spiro atoms. The van der Waals surface area contributed by atoms with Crippen LogP contribution in [0, 0.1) is 6.92 Å². The number of rotatable bonds is 6. The van der Waals surface area contributed by atoms with Gasteiger partial charge < -0.3 is 9.15 Å². The summed E-state index contributed by atoms with van der Waals surface area (Å²) in [6, 6.07) is 3.96. The Kier molecular flexibility index (Phi) is 4.78. The Bertz CT molecular complexity index is 891. The Labute approximate surface area is 152 Å². The van der Waals surface area contributed by atoms with E-state index in [2.05, 4.69) is 15.2 Å². The summed E-state index contributed by atoms with van der Waals surface area (Å²) in [7, 11) is 0. The average Bonchev–Trinajstić information content (AvgIpc) is 3.37. The van der Waals surface area contributed by atoms with Gasteiger partial charge in [0.2, 0.25) is 5.89 Å². The number of nitrogens with zero attached hydrogens (tertiary/aromatic N) is 3. The highest BCUT2D eigenvalue weighted by molar-refractivity contribution is 7.98. The predicted molar refractivity (Wildman–Crippen MR) is 95.9 cm³/mol. The molecule has 0 saturated carbocycles. The Balaban J connectivity index is 1.47. The van der Waals surface area contributed by atoms with Crippen LogP contribution in [0.2, 0.25) is 0 Å². The van der Waals surface area contributed by atoms with E-state index in [9.17, 15) is 4.79 Å². The minimum atomic E-state index is -0.200. The monoisotopic (exact) mass is 378 g/mol. The SMILES string of the molecule is Cc1oc(-c2cccs2)nc1CSc1n[nH]c(=O)n1CC1CCCO1. The third-order valence-corrected chi connectivity index (χ3v) is 5.94. The van der Waals surface area contributed by atoms with E-state index in [1.165, 1.54) is 11.8 Å². The topological polar surface area (TPSA) is 85.9 Å². The van der Waals surface area contributed by atoms with Gasteiger partial charge in [0.25, 0.3) is 0 Å². The van der Waals surface area contributed by atoms with Crippen molar-refractivity contribution in [2.45, 2.75) is 43.3 Å². The van der Waals surface area contributed by atoms with Crippen molar-refractivity contribution in [1.29, 1.82) is 0 Å². The van der Waals surface area contributed by atoms with Crippen LogP contribution in [0.25, 0.3) is 10.8 Å². The molecule has 7 nitrogen and oxygen atoms in total. The second-order valence-electron chi connectivity index (χ2n) is 5.84. The zero-order valence-corrected chi connectivity index (χ0v) is 15.4. The van der Waals surface area contributed by atoms with Crippen molar-refractivity contribution >= 4 is 23.1 Å². The van der Waals surface area contributed by atoms with Gasteiger partial charge in [-0.25, -0.2) is 14.9 Å². The molecule has 0 aliphatic carbocycles. The fourth-order valence-electron chi connectivity index (χ4n) is 2.77. The van der Waals surface area contributed by atoms with Crippen molar-refractivity contribution in [3.05, 3.63) is 39.5 Å². The standard InChI is InChI=1S/C16H18N4O3S2/c1-10-12(17-14(23-10)13-5-3-7-24-13)9-25-16-19-18-15(21)20(16)8-11-4-2-6-22-11/h3,5,7,11H,2,4,6,8-9H2,1H3,(H,18,21). The molecule has 132 valence electrons. The van der Waals surface area contributed by atoms with E-state index < -0.39 is 0 Å². The number of oxazole rings is 1. The van der Waals surface area contributed by atoms with Gasteiger partial charge in [-0.05, 0) is 31.2 Å². The molecular formula is C16H18N4O3S2. The second-order valence-corrected chi connectivity index (χ2v) is 7.74. The minimum absolute atomic E-state index is 0.0915. The van der Waals surface area contributed by atoms with Gasteiger partial charge in [-0.2, -0.15) is 0 Å². The molecule has 4 rings (SSSR count). The molecule has 25 heavy (non-hydrogen) atoms. The number of H-pyrrole nitrogens is 1. The maximum absolute atomic E-state index is 12.0. The Morgan fingerprint density at radius 3 is 3.20 bits per heavy atom. The quantitative estimate of drug-likeness (QED) is 0.664. The van der Waals surface area contributed by atoms with Crippen LogP contribution in [0.3, 0.4) is 0 Å². The molecule has 1 N–H and O–H groups in total. The van der Waals surface area contributed by atoms with Gasteiger partial charge in [0.1, 0.15) is 5.76 Å². The molecule has 1 aliphatic heterocycles. The minimum Gasteiger partial charge on any atom is -0.440 e. The summed E-state index contributed by atoms with van der Waals surface area (Å²) in [5.74, 6) is 2.03. The molecule has 0 radical (unpaired) electrons. The molecule has 0 aromatic carbocycles. The van der Waals surface area contributed by atoms with Crippen LogP contribution in [-0.4, -0.2) is 32.5 Å². The van der Waals surface area contributed by atoms with Gasteiger partial charge in [0.05, 0.1) is 23.2 Å². The third kappa shape index (κ3) is 3.58. The molecule has 1 atom stereocenters. The average molecular weight is 378 g/mol. The lowest BCUT2D eigenvalue weighted by Crippen LogP contribution is -2.24. The van der Waals surface area contributed by atoms with Gasteiger partial charge in [0.15, 0.2) is 5.16 Å². The second kappa shape index (κ2) is 7.19. The predicted octanol–water partition coefficient (Wildman–Crippen LogP) is 3.07. The lowest BCUT2D eigenvalue weighted by atomic mass is 10.2. The largest absolute Gasteiger partial charge is 0.440 e. The van der Waals surface area contributed by atoms with Gasteiger partial charge in [-0.15, -0.1) is 16.4 Å². The first kappa shape index (κ1) is 16.6. The molecular weight excluding hydrogens is 360 g/mol. The van der Waals surface area contributed by atoms with Crippen LogP contribution in [0.4, 0.5) is 0 Å². The van der Waals surface area contributed by atoms with E-state index in [4.69, 9.17) is 9.15 Å². The fourth-order valence-corrected chi connectivity index (χ4v) is 4.37. The zero-order valence-electron chi connectivity index (χ0n) is 13.7. The summed E-state index contributed by atoms with van der Waals surface area (Å²) in [6.45, 7) is 3.21. The van der Waals surface area contributed by atoms with Crippen molar-refractivity contribution in [3.8, 4) is 10.8 Å². The molecule has 0 amide bonds. The molecule has 9 heteroatoms. The summed E-state index contributed by atoms with van der Waals surface area (Å²) in [6.07, 6.45) is 2.12. The highest BCUT2D eigenvalue weighted by Gasteiger charge is 2.20. The molecule has 3 aromatic rings. The zero-order chi connectivity index (χ0) is 17.2. The first-order valence-corrected chi connectivity index (χ1v) is 9.97. The maximum atomic E-state index is 12.0. The molecule has 1 saturated heterocycles. The Hall–Kier alpha value is -1.84. The number of nitrogens with one attached hydrogen (secondary N) is 1. The van der Waals surface area contributed by atoms with Crippen LogP contribution in [0.15, 0.2) is 31.9 Å². The number of hydrogen-bond donors (Lipinski definition) is 1. The van der Waals surface area contributed by atoms with Crippen molar-refractivity contribution < 1.29 is 9.15 Å². The van der Waals surface area contributed by atoms with E-state index in [-0.39, 0.29) is 11.8 Å². The van der Waals surface area contributed by atoms with Crippen molar-refractivity contribution in [1.82, 2.24) is 19.7 Å². The molecule has 4 heterocycles. The van der Waals surface area contributed by atoms with Crippen molar-refractivity contribution in [3.63, 3.8) is 0 Å². The van der Waals surface area contributed by atoms with E-state index >= 15 is 0 Å². The summed E-state index contributed by atoms with van der Waals surface area (Å²) < 4.78 is 13.0. The molecule has 1 unspecified atom stereocenters. The lowest BCUT2D eigenvalue weighted by Gasteiger charge is -2.10. The summed E-state index contributed by atoms with van der Waals surface area (Å²) in [4.78, 5) is 17.6. The Morgan fingerprint density at radius 2 is 2.44 bits per heavy atom. The molecule has 0 bridgehead atoms. The summed E-state index contributed by atoms with van der Waals surface area (Å²) in [5, 5.41) is 9.31.